The van der Waals surface area contributed by atoms with E-state index in [9.17, 15) is 9.59 Å². The average Bonchev–Trinajstić information content (AvgIpc) is 2.43. The number of benzene rings is 1. The van der Waals surface area contributed by atoms with Gasteiger partial charge in [0.25, 0.3) is 0 Å². The number of esters is 1. The van der Waals surface area contributed by atoms with Crippen molar-refractivity contribution in [3.63, 3.8) is 0 Å². The number of rotatable bonds is 6. The Bertz CT molecular complexity index is 437. The summed E-state index contributed by atoms with van der Waals surface area (Å²) in [6.07, 6.45) is 1.08. The lowest BCUT2D eigenvalue weighted by molar-refractivity contribution is -0.140. The summed E-state index contributed by atoms with van der Waals surface area (Å²) in [5.74, 6) is 0.354. The van der Waals surface area contributed by atoms with Gasteiger partial charge in [-0.3, -0.25) is 9.59 Å². The van der Waals surface area contributed by atoms with Gasteiger partial charge in [-0.2, -0.15) is 0 Å². The van der Waals surface area contributed by atoms with Crippen LogP contribution < -0.4 is 4.74 Å². The third-order valence-corrected chi connectivity index (χ3v) is 2.77. The van der Waals surface area contributed by atoms with Gasteiger partial charge < -0.3 is 9.47 Å². The molecule has 98 valence electrons. The number of ketones is 1. The number of Topliss-reactive ketones (excluding diaryl/α,β-unsaturated/α-hetero) is 1. The first-order valence-corrected chi connectivity index (χ1v) is 5.89. The first-order chi connectivity index (χ1) is 8.62. The molecule has 0 saturated heterocycles. The van der Waals surface area contributed by atoms with Gasteiger partial charge in [0.15, 0.2) is 5.78 Å². The Labute approximate surface area is 107 Å². The van der Waals surface area contributed by atoms with E-state index in [1.165, 1.54) is 7.11 Å². The van der Waals surface area contributed by atoms with Gasteiger partial charge in [-0.25, -0.2) is 0 Å². The van der Waals surface area contributed by atoms with Crippen LogP contribution in [-0.4, -0.2) is 26.0 Å². The highest BCUT2D eigenvalue weighted by molar-refractivity contribution is 5.97. The van der Waals surface area contributed by atoms with Crippen LogP contribution in [0.4, 0.5) is 0 Å². The monoisotopic (exact) mass is 250 g/mol. The molecule has 0 heterocycles. The molecule has 1 rings (SSSR count). The molecule has 4 heteroatoms. The van der Waals surface area contributed by atoms with Gasteiger partial charge >= 0.3 is 5.97 Å². The van der Waals surface area contributed by atoms with E-state index in [1.54, 1.807) is 19.2 Å². The molecule has 0 N–H and O–H groups in total. The fourth-order valence-corrected chi connectivity index (χ4v) is 1.69. The van der Waals surface area contributed by atoms with Crippen molar-refractivity contribution in [1.82, 2.24) is 0 Å². The first kappa shape index (κ1) is 14.2. The molecule has 0 amide bonds. The summed E-state index contributed by atoms with van der Waals surface area (Å²) in [6, 6.07) is 5.32. The Morgan fingerprint density at radius 2 is 1.89 bits per heavy atom. The lowest BCUT2D eigenvalue weighted by Crippen LogP contribution is -2.06. The second kappa shape index (κ2) is 6.79. The van der Waals surface area contributed by atoms with Crippen molar-refractivity contribution < 1.29 is 19.1 Å². The minimum absolute atomic E-state index is 0.0576. The summed E-state index contributed by atoms with van der Waals surface area (Å²) in [7, 11) is 2.92. The predicted octanol–water partition coefficient (Wildman–Crippen LogP) is 2.39. The highest BCUT2D eigenvalue weighted by Crippen LogP contribution is 2.21. The number of aryl methyl sites for hydroxylation is 1. The molecule has 0 radical (unpaired) electrons. The average molecular weight is 250 g/mol. The molecule has 0 aromatic heterocycles. The fourth-order valence-electron chi connectivity index (χ4n) is 1.69. The zero-order valence-corrected chi connectivity index (χ0v) is 11.0. The molecule has 4 nitrogen and oxygen atoms in total. The Hall–Kier alpha value is -1.84. The molecule has 0 aliphatic heterocycles. The zero-order chi connectivity index (χ0) is 13.5. The normalized spacial score (nSPS) is 9.94. The van der Waals surface area contributed by atoms with E-state index in [0.717, 1.165) is 17.7 Å². The summed E-state index contributed by atoms with van der Waals surface area (Å²) in [4.78, 5) is 22.9. The Morgan fingerprint density at radius 1 is 1.17 bits per heavy atom. The van der Waals surface area contributed by atoms with Crippen LogP contribution in [0.15, 0.2) is 18.2 Å². The molecule has 0 fully saturated rings. The van der Waals surface area contributed by atoms with E-state index in [0.29, 0.717) is 5.56 Å². The van der Waals surface area contributed by atoms with Gasteiger partial charge in [-0.05, 0) is 30.2 Å². The van der Waals surface area contributed by atoms with Crippen LogP contribution >= 0.6 is 0 Å². The van der Waals surface area contributed by atoms with Crippen molar-refractivity contribution in [2.45, 2.75) is 26.2 Å². The number of carbonyl (C=O) groups is 2. The number of hydrogen-bond donors (Lipinski definition) is 0. The van der Waals surface area contributed by atoms with Crippen molar-refractivity contribution in [2.24, 2.45) is 0 Å². The zero-order valence-electron chi connectivity index (χ0n) is 11.0. The maximum atomic E-state index is 11.9. The van der Waals surface area contributed by atoms with E-state index in [-0.39, 0.29) is 24.6 Å². The highest BCUT2D eigenvalue weighted by Gasteiger charge is 2.11. The highest BCUT2D eigenvalue weighted by atomic mass is 16.5. The van der Waals surface area contributed by atoms with Gasteiger partial charge in [0.1, 0.15) is 5.75 Å². The van der Waals surface area contributed by atoms with E-state index in [2.05, 4.69) is 4.74 Å². The van der Waals surface area contributed by atoms with Gasteiger partial charge in [0.05, 0.1) is 20.6 Å². The smallest absolute Gasteiger partial charge is 0.305 e. The number of ether oxygens (including phenoxy) is 2. The quantitative estimate of drug-likeness (QED) is 0.574. The Kier molecular flexibility index (Phi) is 5.36. The summed E-state index contributed by atoms with van der Waals surface area (Å²) < 4.78 is 9.71. The lowest BCUT2D eigenvalue weighted by atomic mass is 10.0. The molecular formula is C14H18O4. The van der Waals surface area contributed by atoms with Crippen molar-refractivity contribution in [2.75, 3.05) is 14.2 Å². The van der Waals surface area contributed by atoms with Crippen LogP contribution in [0.3, 0.4) is 0 Å². The van der Waals surface area contributed by atoms with Crippen LogP contribution in [0.1, 0.15) is 35.7 Å². The van der Waals surface area contributed by atoms with E-state index in [4.69, 9.17) is 4.74 Å². The van der Waals surface area contributed by atoms with Crippen LogP contribution in [0.25, 0.3) is 0 Å². The third-order valence-electron chi connectivity index (χ3n) is 2.77. The van der Waals surface area contributed by atoms with Crippen LogP contribution in [-0.2, 0) is 16.0 Å². The molecule has 1 aromatic rings. The molecule has 1 aromatic carbocycles. The minimum atomic E-state index is -0.368. The summed E-state index contributed by atoms with van der Waals surface area (Å²) in [5.41, 5.74) is 1.60. The predicted molar refractivity (Wildman–Crippen MR) is 68.0 cm³/mol. The van der Waals surface area contributed by atoms with Gasteiger partial charge in [0.2, 0.25) is 0 Å². The van der Waals surface area contributed by atoms with Gasteiger partial charge in [-0.1, -0.05) is 6.92 Å². The second-order valence-electron chi connectivity index (χ2n) is 3.88. The molecule has 0 bridgehead atoms. The fraction of sp³-hybridized carbons (Fsp3) is 0.429. The Balaban J connectivity index is 2.77. The maximum Gasteiger partial charge on any atom is 0.305 e. The molecule has 0 aliphatic carbocycles. The molecule has 0 spiro atoms. The maximum absolute atomic E-state index is 11.9. The van der Waals surface area contributed by atoms with Gasteiger partial charge in [-0.15, -0.1) is 0 Å². The van der Waals surface area contributed by atoms with Crippen molar-refractivity contribution >= 4 is 11.8 Å². The summed E-state index contributed by atoms with van der Waals surface area (Å²) >= 11 is 0. The minimum Gasteiger partial charge on any atom is -0.496 e. The molecular weight excluding hydrogens is 232 g/mol. The summed E-state index contributed by atoms with van der Waals surface area (Å²) in [5, 5.41) is 0. The molecule has 0 saturated carbocycles. The van der Waals surface area contributed by atoms with Crippen molar-refractivity contribution in [1.29, 1.82) is 0 Å². The number of carbonyl (C=O) groups excluding carboxylic acids is 2. The molecule has 0 aliphatic rings. The number of methoxy groups -OCH3 is 2. The van der Waals surface area contributed by atoms with Crippen LogP contribution in [0.5, 0.6) is 5.75 Å². The standard InChI is InChI=1S/C14H18O4/c1-4-10-9-11(5-7-13(10)17-2)12(15)6-8-14(16)18-3/h5,7,9H,4,6,8H2,1-3H3. The topological polar surface area (TPSA) is 52.6 Å². The summed E-state index contributed by atoms with van der Waals surface area (Å²) in [6.45, 7) is 2.00. The third kappa shape index (κ3) is 3.58. The van der Waals surface area contributed by atoms with Crippen LogP contribution in [0, 0.1) is 0 Å². The van der Waals surface area contributed by atoms with E-state index in [1.807, 2.05) is 13.0 Å². The van der Waals surface area contributed by atoms with Crippen molar-refractivity contribution in [3.05, 3.63) is 29.3 Å². The van der Waals surface area contributed by atoms with Gasteiger partial charge in [0, 0.05) is 12.0 Å². The SMILES string of the molecule is CCc1cc(C(=O)CCC(=O)OC)ccc1OC. The van der Waals surface area contributed by atoms with E-state index < -0.39 is 0 Å². The lowest BCUT2D eigenvalue weighted by Gasteiger charge is -2.08. The second-order valence-corrected chi connectivity index (χ2v) is 3.88. The molecule has 0 atom stereocenters. The Morgan fingerprint density at radius 3 is 2.44 bits per heavy atom. The van der Waals surface area contributed by atoms with Crippen LogP contribution in [0.2, 0.25) is 0 Å². The molecule has 0 unspecified atom stereocenters. The van der Waals surface area contributed by atoms with Crippen molar-refractivity contribution in [3.8, 4) is 5.75 Å². The number of hydrogen-bond acceptors (Lipinski definition) is 4. The van der Waals surface area contributed by atoms with E-state index >= 15 is 0 Å². The first-order valence-electron chi connectivity index (χ1n) is 5.89. The largest absolute Gasteiger partial charge is 0.496 e. The molecule has 18 heavy (non-hydrogen) atoms.